The van der Waals surface area contributed by atoms with Crippen LogP contribution in [0.5, 0.6) is 5.88 Å². The predicted molar refractivity (Wildman–Crippen MR) is 144 cm³/mol. The Kier molecular flexibility index (Phi) is 8.26. The summed E-state index contributed by atoms with van der Waals surface area (Å²) in [4.78, 5) is 35.0. The molecular weight excluding hydrogens is 486 g/mol. The Labute approximate surface area is 222 Å². The maximum Gasteiger partial charge on any atom is 0.303 e. The number of nitrogens with zero attached hydrogens (tertiary/aromatic N) is 3. The average Bonchev–Trinajstić information content (AvgIpc) is 3.08. The first-order valence-corrected chi connectivity index (χ1v) is 13.8. The maximum absolute atomic E-state index is 13.5. The Morgan fingerprint density at radius 1 is 1.08 bits per heavy atom. The Bertz CT molecular complexity index is 1130. The number of carboxylic acids is 1. The number of carbonyl (C=O) groups is 2. The van der Waals surface area contributed by atoms with Crippen molar-refractivity contribution in [1.29, 1.82) is 0 Å². The van der Waals surface area contributed by atoms with E-state index < -0.39 is 5.97 Å². The predicted octanol–water partition coefficient (Wildman–Crippen LogP) is 4.22. The third-order valence-corrected chi connectivity index (χ3v) is 7.93. The number of nitrogens with one attached hydrogen (secondary N) is 1. The van der Waals surface area contributed by atoms with E-state index in [2.05, 4.69) is 27.4 Å². The number of aromatic nitrogens is 2. The summed E-state index contributed by atoms with van der Waals surface area (Å²) in [5, 5.41) is 12.2. The molecule has 1 saturated carbocycles. The lowest BCUT2D eigenvalue weighted by Crippen LogP contribution is -2.32. The van der Waals surface area contributed by atoms with Gasteiger partial charge in [-0.25, -0.2) is 0 Å². The van der Waals surface area contributed by atoms with Crippen molar-refractivity contribution in [3.63, 3.8) is 0 Å². The van der Waals surface area contributed by atoms with Crippen LogP contribution in [0.1, 0.15) is 79.6 Å². The first-order chi connectivity index (χ1) is 18.5. The maximum atomic E-state index is 13.5. The van der Waals surface area contributed by atoms with Crippen LogP contribution >= 0.6 is 0 Å². The van der Waals surface area contributed by atoms with Crippen LogP contribution in [-0.4, -0.2) is 59.4 Å². The first kappa shape index (κ1) is 26.2. The zero-order valence-electron chi connectivity index (χ0n) is 21.7. The number of hydrogen-bond donors (Lipinski definition) is 3. The fourth-order valence-electron chi connectivity index (χ4n) is 5.81. The first-order valence-electron chi connectivity index (χ1n) is 13.8. The van der Waals surface area contributed by atoms with Crippen LogP contribution in [0.25, 0.3) is 0 Å². The summed E-state index contributed by atoms with van der Waals surface area (Å²) in [5.74, 6) is 0.340. The number of fused-ring (bicyclic) bond motifs is 1. The molecule has 1 atom stereocenters. The van der Waals surface area contributed by atoms with E-state index in [1.165, 1.54) is 12.0 Å². The summed E-state index contributed by atoms with van der Waals surface area (Å²) >= 11 is 0. The zero-order valence-corrected chi connectivity index (χ0v) is 21.7. The van der Waals surface area contributed by atoms with Crippen LogP contribution in [0.15, 0.2) is 24.3 Å². The van der Waals surface area contributed by atoms with Crippen molar-refractivity contribution in [2.45, 2.75) is 69.8 Å². The quantitative estimate of drug-likeness (QED) is 0.464. The fraction of sp³-hybridized carbons (Fsp3) is 0.571. The monoisotopic (exact) mass is 523 g/mol. The van der Waals surface area contributed by atoms with Gasteiger partial charge >= 0.3 is 5.97 Å². The molecule has 1 aromatic carbocycles. The number of rotatable bonds is 8. The van der Waals surface area contributed by atoms with E-state index in [1.54, 1.807) is 4.90 Å². The van der Waals surface area contributed by atoms with Crippen LogP contribution in [0.3, 0.4) is 0 Å². The van der Waals surface area contributed by atoms with Crippen LogP contribution in [-0.2, 0) is 9.53 Å². The second kappa shape index (κ2) is 12.0. The minimum Gasteiger partial charge on any atom is -0.481 e. The normalized spacial score (nSPS) is 23.7. The Hall–Kier alpha value is -3.40. The summed E-state index contributed by atoms with van der Waals surface area (Å²) in [5.41, 5.74) is 8.41. The molecule has 1 saturated heterocycles. The lowest BCUT2D eigenvalue weighted by atomic mass is 9.77. The standard InChI is InChI=1S/C28H37N5O5/c29-25-24-26(32-28(31-25)30-13-12-22-3-1-2-15-37-22)38-16-14-33(27(24)36)21-10-8-20(9-11-21)19-6-4-18(5-7-19)17-23(34)35/h8-11,18-19,22H,1-7,12-17H2,(H,34,35)(H3,29,30,31,32)/t18-,19-,22?. The van der Waals surface area contributed by atoms with Gasteiger partial charge in [-0.05, 0) is 80.9 Å². The Balaban J connectivity index is 1.22. The van der Waals surface area contributed by atoms with Gasteiger partial charge in [-0.1, -0.05) is 12.1 Å². The van der Waals surface area contributed by atoms with E-state index in [-0.39, 0.29) is 41.6 Å². The SMILES string of the molecule is Nc1nc(NCCC2CCCCO2)nc2c1C(=O)N(c1ccc([C@H]3CC[C@H](CC(=O)O)CC3)cc1)CCO2. The number of ether oxygens (including phenoxy) is 2. The molecule has 1 unspecified atom stereocenters. The molecule has 10 nitrogen and oxygen atoms in total. The van der Waals surface area contributed by atoms with E-state index in [0.29, 0.717) is 31.6 Å². The molecule has 204 valence electrons. The third kappa shape index (κ3) is 6.18. The molecule has 0 bridgehead atoms. The topological polar surface area (TPSA) is 140 Å². The lowest BCUT2D eigenvalue weighted by molar-refractivity contribution is -0.138. The van der Waals surface area contributed by atoms with E-state index in [0.717, 1.165) is 57.2 Å². The summed E-state index contributed by atoms with van der Waals surface area (Å²) < 4.78 is 11.6. The minimum atomic E-state index is -0.714. The molecule has 2 aliphatic heterocycles. The molecule has 3 heterocycles. The Morgan fingerprint density at radius 2 is 1.87 bits per heavy atom. The Morgan fingerprint density at radius 3 is 2.58 bits per heavy atom. The smallest absolute Gasteiger partial charge is 0.303 e. The molecule has 10 heteroatoms. The van der Waals surface area contributed by atoms with Crippen molar-refractivity contribution in [3.05, 3.63) is 35.4 Å². The number of anilines is 3. The van der Waals surface area contributed by atoms with Crippen molar-refractivity contribution in [3.8, 4) is 5.88 Å². The molecule has 2 aromatic rings. The van der Waals surface area contributed by atoms with Gasteiger partial charge in [0, 0.05) is 25.3 Å². The van der Waals surface area contributed by atoms with Gasteiger partial charge in [0.1, 0.15) is 18.0 Å². The number of hydrogen-bond acceptors (Lipinski definition) is 8. The summed E-state index contributed by atoms with van der Waals surface area (Å²) in [6, 6.07) is 8.06. The lowest BCUT2D eigenvalue weighted by Gasteiger charge is -2.28. The van der Waals surface area contributed by atoms with Crippen molar-refractivity contribution in [2.75, 3.05) is 42.3 Å². The van der Waals surface area contributed by atoms with Gasteiger partial charge in [0.2, 0.25) is 11.8 Å². The summed E-state index contributed by atoms with van der Waals surface area (Å²) in [6.45, 7) is 2.13. The third-order valence-electron chi connectivity index (χ3n) is 7.93. The largest absolute Gasteiger partial charge is 0.481 e. The van der Waals surface area contributed by atoms with Gasteiger partial charge in [0.15, 0.2) is 0 Å². The molecule has 3 aliphatic rings. The number of nitrogens with two attached hydrogens (primary N) is 1. The fourth-order valence-corrected chi connectivity index (χ4v) is 5.81. The van der Waals surface area contributed by atoms with Crippen molar-refractivity contribution in [1.82, 2.24) is 9.97 Å². The van der Waals surface area contributed by atoms with Gasteiger partial charge in [0.05, 0.1) is 12.6 Å². The molecule has 4 N–H and O–H groups in total. The molecule has 1 amide bonds. The molecule has 0 spiro atoms. The number of aliphatic carboxylic acids is 1. The number of amides is 1. The highest BCUT2D eigenvalue weighted by atomic mass is 16.5. The van der Waals surface area contributed by atoms with Crippen LogP contribution in [0.2, 0.25) is 0 Å². The zero-order chi connectivity index (χ0) is 26.5. The molecule has 38 heavy (non-hydrogen) atoms. The van der Waals surface area contributed by atoms with Crippen LogP contribution < -0.4 is 20.7 Å². The van der Waals surface area contributed by atoms with Crippen LogP contribution in [0, 0.1) is 5.92 Å². The van der Waals surface area contributed by atoms with Gasteiger partial charge in [-0.15, -0.1) is 0 Å². The molecule has 0 radical (unpaired) electrons. The van der Waals surface area contributed by atoms with Crippen LogP contribution in [0.4, 0.5) is 17.5 Å². The number of benzene rings is 1. The molecule has 1 aliphatic carbocycles. The van der Waals surface area contributed by atoms with E-state index >= 15 is 0 Å². The molecular formula is C28H37N5O5. The molecule has 5 rings (SSSR count). The minimum absolute atomic E-state index is 0.0954. The van der Waals surface area contributed by atoms with Crippen molar-refractivity contribution >= 4 is 29.3 Å². The average molecular weight is 524 g/mol. The highest BCUT2D eigenvalue weighted by Gasteiger charge is 2.30. The van der Waals surface area contributed by atoms with Gasteiger partial charge < -0.3 is 30.5 Å². The second-order valence-electron chi connectivity index (χ2n) is 10.5. The highest BCUT2D eigenvalue weighted by Crippen LogP contribution is 2.38. The van der Waals surface area contributed by atoms with E-state index in [4.69, 9.17) is 20.3 Å². The number of carboxylic acid groups (broad SMARTS) is 1. The van der Waals surface area contributed by atoms with Gasteiger partial charge in [-0.3, -0.25) is 9.59 Å². The van der Waals surface area contributed by atoms with Crippen molar-refractivity contribution < 1.29 is 24.2 Å². The molecule has 2 fully saturated rings. The number of carbonyl (C=O) groups excluding carboxylic acids is 1. The second-order valence-corrected chi connectivity index (χ2v) is 10.5. The summed E-state index contributed by atoms with van der Waals surface area (Å²) in [7, 11) is 0. The highest BCUT2D eigenvalue weighted by molar-refractivity contribution is 6.10. The van der Waals surface area contributed by atoms with E-state index in [9.17, 15) is 9.59 Å². The number of nitrogen functional groups attached to an aromatic ring is 1. The van der Waals surface area contributed by atoms with Gasteiger partial charge in [0.25, 0.3) is 5.91 Å². The van der Waals surface area contributed by atoms with Gasteiger partial charge in [-0.2, -0.15) is 9.97 Å². The molecule has 1 aromatic heterocycles. The summed E-state index contributed by atoms with van der Waals surface area (Å²) in [6.07, 6.45) is 8.58. The van der Waals surface area contributed by atoms with E-state index in [1.807, 2.05) is 12.1 Å². The van der Waals surface area contributed by atoms with Crippen molar-refractivity contribution in [2.24, 2.45) is 5.92 Å².